The van der Waals surface area contributed by atoms with Crippen molar-refractivity contribution in [1.82, 2.24) is 29.4 Å². The van der Waals surface area contributed by atoms with Gasteiger partial charge in [-0.25, -0.2) is 14.4 Å². The van der Waals surface area contributed by atoms with Crippen LogP contribution in [0.4, 0.5) is 16.0 Å². The molecule has 34 heavy (non-hydrogen) atoms. The molecule has 0 aliphatic carbocycles. The molecule has 1 saturated heterocycles. The number of rotatable bonds is 5. The minimum atomic E-state index is -0.848. The van der Waals surface area contributed by atoms with Gasteiger partial charge in [-0.05, 0) is 39.7 Å². The second-order valence-corrected chi connectivity index (χ2v) is 9.55. The van der Waals surface area contributed by atoms with Crippen molar-refractivity contribution in [3.63, 3.8) is 0 Å². The molecular formula is C23H29FN8O2. The summed E-state index contributed by atoms with van der Waals surface area (Å²) in [5.74, 6) is 0.528. The van der Waals surface area contributed by atoms with Crippen LogP contribution in [0.5, 0.6) is 5.75 Å². The maximum Gasteiger partial charge on any atom is 0.223 e. The van der Waals surface area contributed by atoms with Crippen LogP contribution < -0.4 is 15.4 Å². The number of hydrogen-bond donors (Lipinski definition) is 2. The molecular weight excluding hydrogens is 439 g/mol. The molecule has 4 aromatic rings. The van der Waals surface area contributed by atoms with Gasteiger partial charge in [0.25, 0.3) is 0 Å². The highest BCUT2D eigenvalue weighted by Gasteiger charge is 2.28. The Hall–Kier alpha value is -3.47. The van der Waals surface area contributed by atoms with Crippen LogP contribution in [0.3, 0.4) is 0 Å². The van der Waals surface area contributed by atoms with Gasteiger partial charge in [0, 0.05) is 30.5 Å². The highest BCUT2D eigenvalue weighted by Crippen LogP contribution is 2.32. The van der Waals surface area contributed by atoms with Gasteiger partial charge in [-0.2, -0.15) is 9.61 Å². The zero-order chi connectivity index (χ0) is 24.2. The summed E-state index contributed by atoms with van der Waals surface area (Å²) in [6.07, 6.45) is 3.75. The average Bonchev–Trinajstić information content (AvgIpc) is 3.38. The molecule has 1 fully saturated rings. The first-order valence-electron chi connectivity index (χ1n) is 11.3. The number of methoxy groups -OCH3 is 1. The second kappa shape index (κ2) is 8.08. The standard InChI is InChI=1S/C23H29FN8O2/c1-13-18(10-26-31(13)12-23(2,3)33)30-7-5-6-14(11-30)20-28-21-15-8-16(24)19(34-4)9-17(15)27-22(25)32(21)29-20/h8-10,14,33H,5-7,11-12H2,1-4H3,(H2,25,27)/t14-/m1/s1. The van der Waals surface area contributed by atoms with Gasteiger partial charge in [-0.1, -0.05) is 0 Å². The van der Waals surface area contributed by atoms with Crippen molar-refractivity contribution >= 4 is 28.2 Å². The fourth-order valence-electron chi connectivity index (χ4n) is 4.66. The van der Waals surface area contributed by atoms with E-state index in [0.717, 1.165) is 37.3 Å². The lowest BCUT2D eigenvalue weighted by atomic mass is 9.97. The quantitative estimate of drug-likeness (QED) is 0.459. The lowest BCUT2D eigenvalue weighted by Gasteiger charge is -2.33. The summed E-state index contributed by atoms with van der Waals surface area (Å²) >= 11 is 0. The SMILES string of the molecule is COc1cc2nc(N)n3nc([C@@H]4CCCN(c5cnn(CC(C)(C)O)c5C)C4)nc3c2cc1F. The van der Waals surface area contributed by atoms with Crippen LogP contribution in [0.25, 0.3) is 16.6 Å². The molecule has 1 aliphatic heterocycles. The van der Waals surface area contributed by atoms with E-state index >= 15 is 0 Å². The van der Waals surface area contributed by atoms with Crippen LogP contribution in [0.1, 0.15) is 44.1 Å². The minimum Gasteiger partial charge on any atom is -0.494 e. The van der Waals surface area contributed by atoms with Crippen LogP contribution >= 0.6 is 0 Å². The third-order valence-electron chi connectivity index (χ3n) is 6.33. The molecule has 3 N–H and O–H groups in total. The van der Waals surface area contributed by atoms with Gasteiger partial charge in [0.1, 0.15) is 0 Å². The van der Waals surface area contributed by atoms with Crippen molar-refractivity contribution in [1.29, 1.82) is 0 Å². The van der Waals surface area contributed by atoms with Crippen molar-refractivity contribution in [2.45, 2.75) is 51.7 Å². The maximum atomic E-state index is 14.4. The second-order valence-electron chi connectivity index (χ2n) is 9.55. The summed E-state index contributed by atoms with van der Waals surface area (Å²) in [5, 5.41) is 19.8. The van der Waals surface area contributed by atoms with Crippen molar-refractivity contribution in [3.8, 4) is 5.75 Å². The molecule has 1 aromatic carbocycles. The van der Waals surface area contributed by atoms with Gasteiger partial charge >= 0.3 is 0 Å². The van der Waals surface area contributed by atoms with Gasteiger partial charge < -0.3 is 20.5 Å². The summed E-state index contributed by atoms with van der Waals surface area (Å²) in [4.78, 5) is 11.4. The number of aromatic nitrogens is 6. The summed E-state index contributed by atoms with van der Waals surface area (Å²) in [6, 6.07) is 2.88. The molecule has 4 heterocycles. The molecule has 0 unspecified atom stereocenters. The Kier molecular flexibility index (Phi) is 5.31. The smallest absolute Gasteiger partial charge is 0.223 e. The Morgan fingerprint density at radius 3 is 2.82 bits per heavy atom. The number of ether oxygens (including phenoxy) is 1. The lowest BCUT2D eigenvalue weighted by molar-refractivity contribution is 0.0571. The van der Waals surface area contributed by atoms with E-state index in [9.17, 15) is 9.50 Å². The molecule has 0 spiro atoms. The molecule has 0 amide bonds. The molecule has 5 rings (SSSR count). The number of aliphatic hydroxyl groups is 1. The summed E-state index contributed by atoms with van der Waals surface area (Å²) < 4.78 is 22.8. The Balaban J connectivity index is 1.48. The number of anilines is 2. The number of fused-ring (bicyclic) bond motifs is 3. The summed E-state index contributed by atoms with van der Waals surface area (Å²) in [6.45, 7) is 7.60. The fraction of sp³-hybridized carbons (Fsp3) is 0.478. The van der Waals surface area contributed by atoms with E-state index in [1.165, 1.54) is 23.8 Å². The van der Waals surface area contributed by atoms with Gasteiger partial charge in [0.15, 0.2) is 23.0 Å². The molecule has 0 radical (unpaired) electrons. The molecule has 0 bridgehead atoms. The maximum absolute atomic E-state index is 14.4. The first-order chi connectivity index (χ1) is 16.1. The number of halogens is 1. The molecule has 11 heteroatoms. The van der Waals surface area contributed by atoms with Crippen LogP contribution in [-0.4, -0.2) is 60.3 Å². The number of benzene rings is 1. The number of hydrogen-bond acceptors (Lipinski definition) is 8. The Labute approximate surface area is 196 Å². The van der Waals surface area contributed by atoms with E-state index in [-0.39, 0.29) is 17.6 Å². The molecule has 1 aliphatic rings. The van der Waals surface area contributed by atoms with E-state index in [2.05, 4.69) is 20.1 Å². The van der Waals surface area contributed by atoms with Crippen LogP contribution in [0, 0.1) is 12.7 Å². The van der Waals surface area contributed by atoms with Crippen molar-refractivity contribution < 1.29 is 14.2 Å². The van der Waals surface area contributed by atoms with Gasteiger partial charge in [-0.15, -0.1) is 5.10 Å². The van der Waals surface area contributed by atoms with Crippen molar-refractivity contribution in [2.24, 2.45) is 0 Å². The van der Waals surface area contributed by atoms with Gasteiger partial charge in [-0.3, -0.25) is 4.68 Å². The number of nitrogen functional groups attached to an aromatic ring is 1. The van der Waals surface area contributed by atoms with E-state index in [1.54, 1.807) is 13.8 Å². The van der Waals surface area contributed by atoms with E-state index in [4.69, 9.17) is 15.5 Å². The topological polar surface area (TPSA) is 120 Å². The molecule has 1 atom stereocenters. The number of piperidine rings is 1. The third kappa shape index (κ3) is 3.89. The minimum absolute atomic E-state index is 0.0724. The lowest BCUT2D eigenvalue weighted by Crippen LogP contribution is -2.35. The monoisotopic (exact) mass is 468 g/mol. The zero-order valence-electron chi connectivity index (χ0n) is 19.8. The van der Waals surface area contributed by atoms with Crippen LogP contribution in [0.15, 0.2) is 18.3 Å². The summed E-state index contributed by atoms with van der Waals surface area (Å²) in [5.41, 5.74) is 8.34. The highest BCUT2D eigenvalue weighted by molar-refractivity contribution is 5.93. The number of nitrogens with zero attached hydrogens (tertiary/aromatic N) is 7. The Morgan fingerprint density at radius 2 is 2.09 bits per heavy atom. The largest absolute Gasteiger partial charge is 0.494 e. The van der Waals surface area contributed by atoms with Crippen molar-refractivity contribution in [3.05, 3.63) is 35.7 Å². The zero-order valence-corrected chi connectivity index (χ0v) is 19.8. The average molecular weight is 469 g/mol. The first kappa shape index (κ1) is 22.3. The predicted octanol–water partition coefficient (Wildman–Crippen LogP) is 2.67. The first-order valence-corrected chi connectivity index (χ1v) is 11.3. The van der Waals surface area contributed by atoms with Crippen molar-refractivity contribution in [2.75, 3.05) is 30.8 Å². The summed E-state index contributed by atoms with van der Waals surface area (Å²) in [7, 11) is 1.41. The molecule has 180 valence electrons. The van der Waals surface area contributed by atoms with Crippen LogP contribution in [0.2, 0.25) is 0 Å². The van der Waals surface area contributed by atoms with E-state index < -0.39 is 11.4 Å². The van der Waals surface area contributed by atoms with Gasteiger partial charge in [0.05, 0.1) is 42.4 Å². The van der Waals surface area contributed by atoms with Crippen LogP contribution in [-0.2, 0) is 6.54 Å². The highest BCUT2D eigenvalue weighted by atomic mass is 19.1. The Morgan fingerprint density at radius 1 is 1.29 bits per heavy atom. The van der Waals surface area contributed by atoms with E-state index in [0.29, 0.717) is 28.9 Å². The van der Waals surface area contributed by atoms with E-state index in [1.807, 2.05) is 17.8 Å². The third-order valence-corrected chi connectivity index (χ3v) is 6.33. The molecule has 3 aromatic heterocycles. The molecule has 10 nitrogen and oxygen atoms in total. The normalized spacial score (nSPS) is 17.1. The Bertz CT molecular complexity index is 1370. The molecule has 0 saturated carbocycles. The predicted molar refractivity (Wildman–Crippen MR) is 127 cm³/mol. The number of nitrogens with two attached hydrogens (primary N) is 1. The van der Waals surface area contributed by atoms with Gasteiger partial charge in [0.2, 0.25) is 5.95 Å². The fourth-order valence-corrected chi connectivity index (χ4v) is 4.66.